The van der Waals surface area contributed by atoms with Gasteiger partial charge >= 0.3 is 6.03 Å². The molecule has 2 aliphatic rings. The summed E-state index contributed by atoms with van der Waals surface area (Å²) in [5.74, 6) is 1.30. The summed E-state index contributed by atoms with van der Waals surface area (Å²) in [6.07, 6.45) is 6.89. The molecule has 0 bridgehead atoms. The van der Waals surface area contributed by atoms with Gasteiger partial charge in [-0.05, 0) is 32.4 Å². The predicted molar refractivity (Wildman–Crippen MR) is 87.2 cm³/mol. The lowest BCUT2D eigenvalue weighted by Crippen LogP contribution is -2.47. The van der Waals surface area contributed by atoms with Gasteiger partial charge in [-0.2, -0.15) is 11.8 Å². The van der Waals surface area contributed by atoms with Gasteiger partial charge in [-0.1, -0.05) is 6.42 Å². The van der Waals surface area contributed by atoms with Crippen LogP contribution in [0.5, 0.6) is 0 Å². The number of nitrogens with zero attached hydrogens (tertiary/aromatic N) is 1. The number of ketones is 1. The second-order valence-corrected chi connectivity index (χ2v) is 7.33. The zero-order valence-electron chi connectivity index (χ0n) is 12.9. The molecule has 2 amide bonds. The van der Waals surface area contributed by atoms with Gasteiger partial charge in [0.1, 0.15) is 5.78 Å². The van der Waals surface area contributed by atoms with Crippen LogP contribution in [0.15, 0.2) is 4.99 Å². The van der Waals surface area contributed by atoms with E-state index in [4.69, 9.17) is 0 Å². The Labute approximate surface area is 130 Å². The minimum absolute atomic E-state index is 0.0411. The number of fused-ring (bicyclic) bond motifs is 1. The number of rotatable bonds is 8. The quantitative estimate of drug-likeness (QED) is 0.410. The number of nitrogens with one attached hydrogen (secondary N) is 2. The highest BCUT2D eigenvalue weighted by Gasteiger charge is 2.51. The van der Waals surface area contributed by atoms with Crippen molar-refractivity contribution < 1.29 is 9.59 Å². The van der Waals surface area contributed by atoms with Gasteiger partial charge in [0.2, 0.25) is 0 Å². The number of hydrogen-bond donors (Lipinski definition) is 2. The molecule has 0 radical (unpaired) electrons. The van der Waals surface area contributed by atoms with E-state index in [0.29, 0.717) is 23.9 Å². The van der Waals surface area contributed by atoms with E-state index in [1.807, 2.05) is 11.8 Å². The van der Waals surface area contributed by atoms with Crippen LogP contribution < -0.4 is 10.6 Å². The predicted octanol–water partition coefficient (Wildman–Crippen LogP) is 2.15. The fraction of sp³-hybridized carbons (Fsp3) is 0.800. The highest BCUT2D eigenvalue weighted by molar-refractivity contribution is 8.00. The third-order valence-electron chi connectivity index (χ3n) is 4.27. The molecule has 0 aromatic carbocycles. The lowest BCUT2D eigenvalue weighted by molar-refractivity contribution is -0.119. The van der Waals surface area contributed by atoms with Gasteiger partial charge in [0.05, 0.1) is 11.6 Å². The van der Waals surface area contributed by atoms with Gasteiger partial charge < -0.3 is 15.6 Å². The van der Waals surface area contributed by atoms with Crippen molar-refractivity contribution in [3.8, 4) is 0 Å². The minimum atomic E-state index is -0.0955. The molecule has 5 nitrogen and oxygen atoms in total. The Kier molecular flexibility index (Phi) is 5.67. The average molecular weight is 311 g/mol. The van der Waals surface area contributed by atoms with E-state index < -0.39 is 0 Å². The summed E-state index contributed by atoms with van der Waals surface area (Å²) < 4.78 is 0. The van der Waals surface area contributed by atoms with Crippen molar-refractivity contribution in [3.05, 3.63) is 0 Å². The van der Waals surface area contributed by atoms with Gasteiger partial charge in [0.25, 0.3) is 0 Å². The van der Waals surface area contributed by atoms with E-state index in [1.54, 1.807) is 13.3 Å². The van der Waals surface area contributed by atoms with Crippen molar-refractivity contribution in [2.24, 2.45) is 4.99 Å². The second kappa shape index (κ2) is 7.29. The second-order valence-electron chi connectivity index (χ2n) is 6.11. The maximum absolute atomic E-state index is 11.7. The zero-order chi connectivity index (χ0) is 15.3. The molecule has 0 unspecified atom stereocenters. The molecule has 21 heavy (non-hydrogen) atoms. The summed E-state index contributed by atoms with van der Waals surface area (Å²) in [4.78, 5) is 27.0. The minimum Gasteiger partial charge on any atom is -0.332 e. The monoisotopic (exact) mass is 311 g/mol. The van der Waals surface area contributed by atoms with Crippen molar-refractivity contribution in [1.29, 1.82) is 0 Å². The molecule has 2 heterocycles. The number of carbonyl (C=O) groups excluding carboxylic acids is 2. The first-order chi connectivity index (χ1) is 10.0. The Morgan fingerprint density at radius 2 is 2.29 bits per heavy atom. The molecule has 0 aliphatic carbocycles. The summed E-state index contributed by atoms with van der Waals surface area (Å²) in [7, 11) is 1.73. The van der Waals surface area contributed by atoms with Gasteiger partial charge in [0, 0.05) is 30.9 Å². The molecule has 2 fully saturated rings. The molecule has 0 spiro atoms. The highest BCUT2D eigenvalue weighted by Crippen LogP contribution is 2.39. The maximum Gasteiger partial charge on any atom is 0.315 e. The lowest BCUT2D eigenvalue weighted by Gasteiger charge is -2.23. The number of urea groups is 1. The van der Waals surface area contributed by atoms with Crippen molar-refractivity contribution in [1.82, 2.24) is 10.6 Å². The van der Waals surface area contributed by atoms with Crippen molar-refractivity contribution in [3.63, 3.8) is 0 Å². The van der Waals surface area contributed by atoms with Crippen LogP contribution in [0.2, 0.25) is 0 Å². The first-order valence-electron chi connectivity index (χ1n) is 7.68. The van der Waals surface area contributed by atoms with Crippen molar-refractivity contribution in [2.75, 3.05) is 12.8 Å². The average Bonchev–Trinajstić information content (AvgIpc) is 2.88. The van der Waals surface area contributed by atoms with Crippen LogP contribution in [0.4, 0.5) is 4.79 Å². The van der Waals surface area contributed by atoms with E-state index in [0.717, 1.165) is 31.4 Å². The zero-order valence-corrected chi connectivity index (χ0v) is 13.7. The number of amides is 2. The fourth-order valence-electron chi connectivity index (χ4n) is 3.08. The third kappa shape index (κ3) is 4.22. The molecule has 0 saturated carbocycles. The summed E-state index contributed by atoms with van der Waals surface area (Å²) in [6, 6.07) is 0.187. The maximum atomic E-state index is 11.7. The van der Waals surface area contributed by atoms with Gasteiger partial charge in [0.15, 0.2) is 0 Å². The molecule has 2 rings (SSSR count). The number of carbonyl (C=O) groups is 2. The fourth-order valence-corrected chi connectivity index (χ4v) is 4.78. The highest BCUT2D eigenvalue weighted by atomic mass is 32.2. The Hall–Kier alpha value is -1.04. The molecule has 0 aromatic heterocycles. The summed E-state index contributed by atoms with van der Waals surface area (Å²) in [6.45, 7) is 2.11. The van der Waals surface area contributed by atoms with E-state index in [1.165, 1.54) is 0 Å². The smallest absolute Gasteiger partial charge is 0.315 e. The molecule has 2 aliphatic heterocycles. The summed E-state index contributed by atoms with van der Waals surface area (Å²) >= 11 is 1.93. The van der Waals surface area contributed by atoms with Crippen molar-refractivity contribution in [2.45, 2.75) is 62.3 Å². The van der Waals surface area contributed by atoms with Crippen LogP contribution in [0.3, 0.4) is 0 Å². The lowest BCUT2D eigenvalue weighted by atomic mass is 9.92. The first kappa shape index (κ1) is 16.3. The third-order valence-corrected chi connectivity index (χ3v) is 5.97. The summed E-state index contributed by atoms with van der Waals surface area (Å²) in [5.41, 5.74) is -0.0955. The van der Waals surface area contributed by atoms with E-state index in [9.17, 15) is 9.59 Å². The summed E-state index contributed by atoms with van der Waals surface area (Å²) in [5, 5.41) is 6.53. The first-order valence-corrected chi connectivity index (χ1v) is 8.72. The number of aliphatic imine (C=N–C) groups is 1. The molecule has 118 valence electrons. The number of thioether (sulfide) groups is 1. The van der Waals surface area contributed by atoms with Crippen LogP contribution in [0.1, 0.15) is 45.4 Å². The molecular formula is C15H25N3O2S. The largest absolute Gasteiger partial charge is 0.332 e. The number of unbranched alkanes of at least 4 members (excludes halogenated alkanes) is 1. The Morgan fingerprint density at radius 3 is 3.05 bits per heavy atom. The van der Waals surface area contributed by atoms with Crippen molar-refractivity contribution >= 4 is 29.8 Å². The standard InChI is InChI=1S/C15H25N3O2S/c1-15-10-21-12(13(15)17-14(20)18-15)8-4-3-6-11(19)7-5-9-16-2/h9,12-13H,3-8,10H2,1-2H3,(H2,17,18,20)/t12-,13+,15-/m0/s1. The van der Waals surface area contributed by atoms with Crippen LogP contribution in [-0.2, 0) is 4.79 Å². The van der Waals surface area contributed by atoms with Gasteiger partial charge in [-0.15, -0.1) is 0 Å². The molecule has 2 N–H and O–H groups in total. The van der Waals surface area contributed by atoms with Crippen LogP contribution in [0, 0.1) is 0 Å². The number of hydrogen-bond acceptors (Lipinski definition) is 4. The van der Waals surface area contributed by atoms with E-state index >= 15 is 0 Å². The SMILES string of the molecule is CN=CCCC(=O)CCCC[C@@H]1SC[C@]2(C)NC(=O)N[C@H]12. The molecule has 0 aromatic rings. The normalized spacial score (nSPS) is 31.2. The van der Waals surface area contributed by atoms with Crippen LogP contribution in [0.25, 0.3) is 0 Å². The van der Waals surface area contributed by atoms with Crippen LogP contribution in [-0.4, -0.2) is 47.7 Å². The van der Waals surface area contributed by atoms with Crippen LogP contribution >= 0.6 is 11.8 Å². The topological polar surface area (TPSA) is 70.6 Å². The van der Waals surface area contributed by atoms with E-state index in [2.05, 4.69) is 22.5 Å². The Bertz CT molecular complexity index is 427. The Morgan fingerprint density at radius 1 is 1.48 bits per heavy atom. The molecule has 6 heteroatoms. The van der Waals surface area contributed by atoms with Gasteiger partial charge in [-0.25, -0.2) is 4.79 Å². The Balaban J connectivity index is 1.63. The molecule has 2 saturated heterocycles. The van der Waals surface area contributed by atoms with Gasteiger partial charge in [-0.3, -0.25) is 4.79 Å². The molecular weight excluding hydrogens is 286 g/mol. The van der Waals surface area contributed by atoms with E-state index in [-0.39, 0.29) is 17.6 Å². The number of Topliss-reactive ketones (excluding diaryl/α,β-unsaturated/α-hetero) is 1. The molecule has 3 atom stereocenters.